The van der Waals surface area contributed by atoms with Gasteiger partial charge >= 0.3 is 0 Å². The van der Waals surface area contributed by atoms with E-state index in [1.165, 1.54) is 6.07 Å². The van der Waals surface area contributed by atoms with Crippen molar-refractivity contribution in [1.82, 2.24) is 0 Å². The Hall–Kier alpha value is -0.940. The smallest absolute Gasteiger partial charge is 0.164 e. The van der Waals surface area contributed by atoms with E-state index in [0.717, 1.165) is 18.4 Å². The fraction of sp³-hybridized carbons (Fsp3) is 0.364. The number of ketones is 1. The molecule has 3 nitrogen and oxygen atoms in total. The largest absolute Gasteiger partial charge is 0.294 e. The third kappa shape index (κ3) is 4.83. The van der Waals surface area contributed by atoms with Gasteiger partial charge < -0.3 is 0 Å². The maximum atomic E-state index is 12.7. The van der Waals surface area contributed by atoms with Crippen LogP contribution in [0.5, 0.6) is 0 Å². The zero-order chi connectivity index (χ0) is 13.1. The van der Waals surface area contributed by atoms with Crippen LogP contribution in [0.4, 0.5) is 4.39 Å². The molecule has 0 spiro atoms. The summed E-state index contributed by atoms with van der Waals surface area (Å²) in [5.41, 5.74) is 0.224. The van der Waals surface area contributed by atoms with Gasteiger partial charge in [-0.05, 0) is 24.6 Å². The molecule has 0 atom stereocenters. The van der Waals surface area contributed by atoms with Crippen molar-refractivity contribution < 1.29 is 17.6 Å². The number of benzene rings is 1. The Morgan fingerprint density at radius 3 is 2.59 bits per heavy atom. The Bertz CT molecular complexity index is 526. The summed E-state index contributed by atoms with van der Waals surface area (Å²) in [6, 6.07) is 3.52. The van der Waals surface area contributed by atoms with Gasteiger partial charge in [-0.3, -0.25) is 4.79 Å². The van der Waals surface area contributed by atoms with E-state index in [4.69, 9.17) is 11.6 Å². The number of halogens is 2. The monoisotopic (exact) mass is 278 g/mol. The highest BCUT2D eigenvalue weighted by molar-refractivity contribution is 7.90. The van der Waals surface area contributed by atoms with E-state index in [-0.39, 0.29) is 35.0 Å². The summed E-state index contributed by atoms with van der Waals surface area (Å²) in [5, 5.41) is 0.0503. The average Bonchev–Trinajstić information content (AvgIpc) is 2.15. The minimum absolute atomic E-state index is 0.0441. The van der Waals surface area contributed by atoms with Crippen molar-refractivity contribution in [3.63, 3.8) is 0 Å². The molecule has 0 saturated heterocycles. The minimum Gasteiger partial charge on any atom is -0.294 e. The second-order valence-corrected chi connectivity index (χ2v) is 6.45. The number of hydrogen-bond donors (Lipinski definition) is 0. The lowest BCUT2D eigenvalue weighted by atomic mass is 10.1. The number of Topliss-reactive ketones (excluding diaryl/α,β-unsaturated/α-hetero) is 1. The van der Waals surface area contributed by atoms with E-state index in [0.29, 0.717) is 0 Å². The van der Waals surface area contributed by atoms with E-state index in [1.807, 2.05) is 0 Å². The summed E-state index contributed by atoms with van der Waals surface area (Å²) in [4.78, 5) is 11.7. The number of carbonyl (C=O) groups excluding carboxylic acids is 1. The molecular formula is C11H12ClFO3S. The minimum atomic E-state index is -3.06. The number of sulfone groups is 1. The molecular weight excluding hydrogens is 267 g/mol. The first kappa shape index (κ1) is 14.1. The molecule has 0 aliphatic carbocycles. The molecule has 0 fully saturated rings. The van der Waals surface area contributed by atoms with E-state index < -0.39 is 15.7 Å². The van der Waals surface area contributed by atoms with Crippen molar-refractivity contribution in [3.8, 4) is 0 Å². The van der Waals surface area contributed by atoms with E-state index >= 15 is 0 Å². The van der Waals surface area contributed by atoms with Crippen LogP contribution in [0.25, 0.3) is 0 Å². The molecule has 0 aromatic heterocycles. The Kier molecular flexibility index (Phi) is 4.65. The topological polar surface area (TPSA) is 51.2 Å². The van der Waals surface area contributed by atoms with Crippen LogP contribution < -0.4 is 0 Å². The second kappa shape index (κ2) is 5.60. The highest BCUT2D eigenvalue weighted by atomic mass is 35.5. The molecule has 0 heterocycles. The first-order valence-corrected chi connectivity index (χ1v) is 7.39. The molecule has 1 aromatic carbocycles. The number of carbonyl (C=O) groups is 1. The first-order chi connectivity index (χ1) is 7.79. The SMILES string of the molecule is CS(=O)(=O)CCCC(=O)c1ccc(F)cc1Cl. The van der Waals surface area contributed by atoms with Crippen LogP contribution in [0.2, 0.25) is 5.02 Å². The van der Waals surface area contributed by atoms with Crippen molar-refractivity contribution in [2.24, 2.45) is 0 Å². The van der Waals surface area contributed by atoms with Gasteiger partial charge in [0.25, 0.3) is 0 Å². The molecule has 0 saturated carbocycles. The maximum Gasteiger partial charge on any atom is 0.164 e. The quantitative estimate of drug-likeness (QED) is 0.778. The van der Waals surface area contributed by atoms with Crippen molar-refractivity contribution in [2.45, 2.75) is 12.8 Å². The molecule has 0 aliphatic heterocycles. The molecule has 0 amide bonds. The summed E-state index contributed by atoms with van der Waals surface area (Å²) in [5.74, 6) is -0.835. The van der Waals surface area contributed by atoms with Gasteiger partial charge in [-0.25, -0.2) is 12.8 Å². The fourth-order valence-electron chi connectivity index (χ4n) is 1.35. The summed E-state index contributed by atoms with van der Waals surface area (Å²) < 4.78 is 34.5. The van der Waals surface area contributed by atoms with Crippen LogP contribution >= 0.6 is 11.6 Å². The lowest BCUT2D eigenvalue weighted by Gasteiger charge is -2.03. The van der Waals surface area contributed by atoms with E-state index in [9.17, 15) is 17.6 Å². The molecule has 0 bridgehead atoms. The van der Waals surface area contributed by atoms with Crippen LogP contribution in [0, 0.1) is 5.82 Å². The van der Waals surface area contributed by atoms with Gasteiger partial charge in [0.2, 0.25) is 0 Å². The Balaban J connectivity index is 2.65. The van der Waals surface area contributed by atoms with Crippen LogP contribution in [-0.2, 0) is 9.84 Å². The van der Waals surface area contributed by atoms with E-state index in [2.05, 4.69) is 0 Å². The molecule has 0 radical (unpaired) electrons. The second-order valence-electron chi connectivity index (χ2n) is 3.78. The molecule has 0 unspecified atom stereocenters. The Morgan fingerprint density at radius 1 is 1.41 bits per heavy atom. The zero-order valence-corrected chi connectivity index (χ0v) is 10.8. The summed E-state index contributed by atoms with van der Waals surface area (Å²) >= 11 is 5.71. The highest BCUT2D eigenvalue weighted by Gasteiger charge is 2.12. The molecule has 0 N–H and O–H groups in total. The molecule has 0 aliphatic rings. The van der Waals surface area contributed by atoms with Gasteiger partial charge in [-0.2, -0.15) is 0 Å². The Labute approximate surface area is 105 Å². The predicted molar refractivity (Wildman–Crippen MR) is 64.7 cm³/mol. The van der Waals surface area contributed by atoms with Gasteiger partial charge in [-0.1, -0.05) is 11.6 Å². The van der Waals surface area contributed by atoms with Crippen LogP contribution in [-0.4, -0.2) is 26.2 Å². The van der Waals surface area contributed by atoms with Crippen LogP contribution in [0.1, 0.15) is 23.2 Å². The summed E-state index contributed by atoms with van der Waals surface area (Å²) in [7, 11) is -3.06. The standard InChI is InChI=1S/C11H12ClFO3S/c1-17(15,16)6-2-3-11(14)9-5-4-8(13)7-10(9)12/h4-5,7H,2-3,6H2,1H3. The third-order valence-corrected chi connectivity index (χ3v) is 3.49. The van der Waals surface area contributed by atoms with Gasteiger partial charge in [-0.15, -0.1) is 0 Å². The van der Waals surface area contributed by atoms with Gasteiger partial charge in [0, 0.05) is 18.2 Å². The van der Waals surface area contributed by atoms with Crippen LogP contribution in [0.15, 0.2) is 18.2 Å². The van der Waals surface area contributed by atoms with Crippen LogP contribution in [0.3, 0.4) is 0 Å². The first-order valence-electron chi connectivity index (χ1n) is 4.95. The molecule has 1 aromatic rings. The van der Waals surface area contributed by atoms with Crippen molar-refractivity contribution in [1.29, 1.82) is 0 Å². The lowest BCUT2D eigenvalue weighted by molar-refractivity contribution is 0.0982. The Morgan fingerprint density at radius 2 is 2.06 bits per heavy atom. The van der Waals surface area contributed by atoms with Gasteiger partial charge in [0.15, 0.2) is 5.78 Å². The van der Waals surface area contributed by atoms with Crippen molar-refractivity contribution in [3.05, 3.63) is 34.6 Å². The fourth-order valence-corrected chi connectivity index (χ4v) is 2.29. The molecule has 17 heavy (non-hydrogen) atoms. The molecule has 94 valence electrons. The molecule has 6 heteroatoms. The normalized spacial score (nSPS) is 11.5. The zero-order valence-electron chi connectivity index (χ0n) is 9.24. The number of rotatable bonds is 5. The number of hydrogen-bond acceptors (Lipinski definition) is 3. The van der Waals surface area contributed by atoms with Crippen molar-refractivity contribution in [2.75, 3.05) is 12.0 Å². The highest BCUT2D eigenvalue weighted by Crippen LogP contribution is 2.19. The summed E-state index contributed by atoms with van der Waals surface area (Å²) in [6.45, 7) is 0. The van der Waals surface area contributed by atoms with E-state index in [1.54, 1.807) is 0 Å². The average molecular weight is 279 g/mol. The van der Waals surface area contributed by atoms with Gasteiger partial charge in [0.1, 0.15) is 15.7 Å². The predicted octanol–water partition coefficient (Wildman–Crippen LogP) is 2.49. The lowest BCUT2D eigenvalue weighted by Crippen LogP contribution is -2.07. The van der Waals surface area contributed by atoms with Crippen molar-refractivity contribution >= 4 is 27.2 Å². The molecule has 1 rings (SSSR count). The third-order valence-electron chi connectivity index (χ3n) is 2.15. The summed E-state index contributed by atoms with van der Waals surface area (Å²) in [6.07, 6.45) is 1.44. The van der Waals surface area contributed by atoms with Gasteiger partial charge in [0.05, 0.1) is 10.8 Å². The maximum absolute atomic E-state index is 12.7.